The largest absolute Gasteiger partial charge is 0.416 e. The number of anilines is 1. The molecule has 2 aliphatic heterocycles. The van der Waals surface area contributed by atoms with E-state index >= 15 is 0 Å². The van der Waals surface area contributed by atoms with Crippen LogP contribution in [0.25, 0.3) is 0 Å². The van der Waals surface area contributed by atoms with Crippen LogP contribution in [-0.4, -0.2) is 19.7 Å². The fourth-order valence-corrected chi connectivity index (χ4v) is 4.34. The van der Waals surface area contributed by atoms with Gasteiger partial charge in [-0.05, 0) is 55.8 Å². The average molecular weight is 394 g/mol. The van der Waals surface area contributed by atoms with Gasteiger partial charge in [-0.3, -0.25) is 0 Å². The van der Waals surface area contributed by atoms with Crippen molar-refractivity contribution in [2.24, 2.45) is 5.92 Å². The van der Waals surface area contributed by atoms with Crippen LogP contribution in [0, 0.1) is 11.7 Å². The molecule has 2 aliphatic rings. The van der Waals surface area contributed by atoms with E-state index in [1.54, 1.807) is 6.07 Å². The van der Waals surface area contributed by atoms with Gasteiger partial charge in [0.2, 0.25) is 0 Å². The maximum Gasteiger partial charge on any atom is 0.416 e. The fourth-order valence-electron chi connectivity index (χ4n) is 4.34. The van der Waals surface area contributed by atoms with Gasteiger partial charge in [0.05, 0.1) is 23.8 Å². The highest BCUT2D eigenvalue weighted by atomic mass is 19.4. The molecule has 0 saturated carbocycles. The highest BCUT2D eigenvalue weighted by Gasteiger charge is 2.43. The third kappa shape index (κ3) is 3.61. The average Bonchev–Trinajstić information content (AvgIpc) is 2.66. The van der Waals surface area contributed by atoms with Gasteiger partial charge in [0.15, 0.2) is 0 Å². The summed E-state index contributed by atoms with van der Waals surface area (Å²) < 4.78 is 59.8. The molecule has 150 valence electrons. The number of ether oxygens (including phenoxy) is 1. The van der Waals surface area contributed by atoms with E-state index in [1.165, 1.54) is 24.3 Å². The summed E-state index contributed by atoms with van der Waals surface area (Å²) in [6.07, 6.45) is -3.38. The minimum Gasteiger partial charge on any atom is -0.378 e. The lowest BCUT2D eigenvalue weighted by atomic mass is 9.76. The normalized spacial score (nSPS) is 26.9. The molecule has 0 unspecified atom stereocenters. The molecule has 0 amide bonds. The van der Waals surface area contributed by atoms with Gasteiger partial charge in [-0.15, -0.1) is 0 Å². The summed E-state index contributed by atoms with van der Waals surface area (Å²) in [5, 5.41) is 6.41. The number of halogens is 4. The van der Waals surface area contributed by atoms with Gasteiger partial charge in [0.1, 0.15) is 5.82 Å². The lowest BCUT2D eigenvalue weighted by molar-refractivity contribution is -0.138. The zero-order valence-corrected chi connectivity index (χ0v) is 15.4. The zero-order chi connectivity index (χ0) is 19.9. The summed E-state index contributed by atoms with van der Waals surface area (Å²) in [5.74, 6) is -0.412. The van der Waals surface area contributed by atoms with Gasteiger partial charge in [-0.25, -0.2) is 4.39 Å². The van der Waals surface area contributed by atoms with E-state index in [-0.39, 0.29) is 23.9 Å². The van der Waals surface area contributed by atoms with Crippen LogP contribution in [0.4, 0.5) is 23.2 Å². The molecule has 2 N–H and O–H groups in total. The van der Waals surface area contributed by atoms with Crippen molar-refractivity contribution in [2.45, 2.75) is 37.3 Å². The van der Waals surface area contributed by atoms with E-state index in [0.717, 1.165) is 24.5 Å². The zero-order valence-electron chi connectivity index (χ0n) is 15.4. The minimum absolute atomic E-state index is 0.0695. The molecule has 0 radical (unpaired) electrons. The van der Waals surface area contributed by atoms with Crippen LogP contribution in [0.3, 0.4) is 0 Å². The van der Waals surface area contributed by atoms with Gasteiger partial charge >= 0.3 is 6.18 Å². The van der Waals surface area contributed by atoms with E-state index in [1.807, 2.05) is 13.1 Å². The second-order valence-electron chi connectivity index (χ2n) is 7.45. The number of benzene rings is 2. The van der Waals surface area contributed by atoms with Crippen LogP contribution in [0.5, 0.6) is 0 Å². The molecule has 2 aromatic rings. The van der Waals surface area contributed by atoms with Crippen LogP contribution in [-0.2, 0) is 10.9 Å². The van der Waals surface area contributed by atoms with Crippen LogP contribution in [0.2, 0.25) is 0 Å². The van der Waals surface area contributed by atoms with Crippen LogP contribution < -0.4 is 10.6 Å². The first-order valence-corrected chi connectivity index (χ1v) is 9.40. The molecular formula is C21H22F4N2O. The molecule has 1 saturated heterocycles. The molecule has 3 nitrogen and oxygen atoms in total. The summed E-state index contributed by atoms with van der Waals surface area (Å²) in [5.41, 5.74) is 1.22. The predicted molar refractivity (Wildman–Crippen MR) is 98.5 cm³/mol. The number of fused-ring (bicyclic) bond motifs is 3. The van der Waals surface area contributed by atoms with E-state index in [4.69, 9.17) is 4.74 Å². The number of hydrogen-bond acceptors (Lipinski definition) is 3. The van der Waals surface area contributed by atoms with Crippen LogP contribution in [0.1, 0.15) is 41.7 Å². The minimum atomic E-state index is -4.41. The van der Waals surface area contributed by atoms with Gasteiger partial charge in [-0.1, -0.05) is 12.1 Å². The van der Waals surface area contributed by atoms with Crippen molar-refractivity contribution >= 4 is 5.69 Å². The van der Waals surface area contributed by atoms with E-state index in [2.05, 4.69) is 10.6 Å². The first kappa shape index (κ1) is 19.2. The van der Waals surface area contributed by atoms with Crippen molar-refractivity contribution in [3.63, 3.8) is 0 Å². The topological polar surface area (TPSA) is 33.3 Å². The lowest BCUT2D eigenvalue weighted by Crippen LogP contribution is -2.41. The van der Waals surface area contributed by atoms with Crippen molar-refractivity contribution in [1.29, 1.82) is 0 Å². The summed E-state index contributed by atoms with van der Waals surface area (Å²) in [7, 11) is 1.82. The number of rotatable bonds is 3. The summed E-state index contributed by atoms with van der Waals surface area (Å²) >= 11 is 0. The van der Waals surface area contributed by atoms with Crippen molar-refractivity contribution in [3.8, 4) is 0 Å². The third-order valence-electron chi connectivity index (χ3n) is 5.61. The van der Waals surface area contributed by atoms with Crippen molar-refractivity contribution in [3.05, 3.63) is 65.0 Å². The SMILES string of the molecule is CNC[C@H]1CC[C@@H]2[C@H](O1)c1cc(C(F)(F)F)ccc1N[C@H]2c1cccc(F)c1. The Morgan fingerprint density at radius 1 is 1.14 bits per heavy atom. The lowest BCUT2D eigenvalue weighted by Gasteiger charge is -2.46. The second kappa shape index (κ2) is 7.37. The Kier molecular flexibility index (Phi) is 5.05. The summed E-state index contributed by atoms with van der Waals surface area (Å²) in [4.78, 5) is 0. The van der Waals surface area contributed by atoms with Gasteiger partial charge in [0.25, 0.3) is 0 Å². The van der Waals surface area contributed by atoms with Crippen molar-refractivity contribution < 1.29 is 22.3 Å². The number of likely N-dealkylation sites (N-methyl/N-ethyl adjacent to an activating group) is 1. The predicted octanol–water partition coefficient (Wildman–Crippen LogP) is 5.07. The number of nitrogens with one attached hydrogen (secondary N) is 2. The Morgan fingerprint density at radius 3 is 2.68 bits per heavy atom. The smallest absolute Gasteiger partial charge is 0.378 e. The molecule has 2 aromatic carbocycles. The Morgan fingerprint density at radius 2 is 1.96 bits per heavy atom. The highest BCUT2D eigenvalue weighted by molar-refractivity contribution is 5.58. The van der Waals surface area contributed by atoms with Crippen molar-refractivity contribution in [1.82, 2.24) is 5.32 Å². The van der Waals surface area contributed by atoms with Gasteiger partial charge in [-0.2, -0.15) is 13.2 Å². The monoisotopic (exact) mass is 394 g/mol. The Hall–Kier alpha value is -2.12. The van der Waals surface area contributed by atoms with Gasteiger partial charge in [0, 0.05) is 23.7 Å². The molecule has 4 rings (SSSR count). The molecule has 0 aliphatic carbocycles. The molecule has 0 spiro atoms. The molecular weight excluding hydrogens is 372 g/mol. The third-order valence-corrected chi connectivity index (χ3v) is 5.61. The maximum absolute atomic E-state index is 13.8. The molecule has 28 heavy (non-hydrogen) atoms. The Balaban J connectivity index is 1.76. The first-order chi connectivity index (χ1) is 13.4. The second-order valence-corrected chi connectivity index (χ2v) is 7.45. The van der Waals surface area contributed by atoms with E-state index < -0.39 is 17.8 Å². The van der Waals surface area contributed by atoms with Crippen LogP contribution >= 0.6 is 0 Å². The van der Waals surface area contributed by atoms with E-state index in [9.17, 15) is 17.6 Å². The molecule has 2 heterocycles. The summed E-state index contributed by atoms with van der Waals surface area (Å²) in [6.45, 7) is 0.634. The highest BCUT2D eigenvalue weighted by Crippen LogP contribution is 2.51. The quantitative estimate of drug-likeness (QED) is 0.714. The molecule has 1 fully saturated rings. The van der Waals surface area contributed by atoms with Crippen LogP contribution in [0.15, 0.2) is 42.5 Å². The Labute approximate surface area is 161 Å². The van der Waals surface area contributed by atoms with Crippen molar-refractivity contribution in [2.75, 3.05) is 18.9 Å². The molecule has 0 aromatic heterocycles. The summed E-state index contributed by atoms with van der Waals surface area (Å²) in [6, 6.07) is 9.83. The number of hydrogen-bond donors (Lipinski definition) is 2. The molecule has 4 atom stereocenters. The number of alkyl halides is 3. The van der Waals surface area contributed by atoms with E-state index in [0.29, 0.717) is 17.8 Å². The Bertz CT molecular complexity index is 855. The maximum atomic E-state index is 13.8. The molecule has 7 heteroatoms. The first-order valence-electron chi connectivity index (χ1n) is 9.40. The fraction of sp³-hybridized carbons (Fsp3) is 0.429. The van der Waals surface area contributed by atoms with Gasteiger partial charge < -0.3 is 15.4 Å². The standard InChI is InChI=1S/C21H22F4N2O/c1-26-11-15-6-7-16-19(12-3-2-4-14(22)9-12)27-18-8-5-13(21(23,24)25)10-17(18)20(16)28-15/h2-5,8-10,15-16,19-20,26-27H,6-7,11H2,1H3/t15-,16+,19+,20+/m1/s1. The molecule has 0 bridgehead atoms.